The third-order valence-electron chi connectivity index (χ3n) is 3.41. The number of hydrogen-bond acceptors (Lipinski definition) is 2. The van der Waals surface area contributed by atoms with Crippen LogP contribution in [0.5, 0.6) is 0 Å². The number of hydrogen-bond donors (Lipinski definition) is 1. The molecule has 0 amide bonds. The molecule has 1 aromatic carbocycles. The van der Waals surface area contributed by atoms with E-state index in [4.69, 9.17) is 12.2 Å². The molecule has 0 saturated heterocycles. The lowest BCUT2D eigenvalue weighted by Crippen LogP contribution is -2.12. The average Bonchev–Trinajstić information content (AvgIpc) is 2.96. The Morgan fingerprint density at radius 3 is 3.00 bits per heavy atom. The number of aromatic nitrogens is 4. The van der Waals surface area contributed by atoms with E-state index in [0.717, 1.165) is 16.8 Å². The number of fused-ring (bicyclic) bond motifs is 1. The van der Waals surface area contributed by atoms with E-state index in [1.54, 1.807) is 6.20 Å². The highest BCUT2D eigenvalue weighted by Crippen LogP contribution is 2.23. The molecular weight excluding hydrogens is 256 g/mol. The molecule has 3 rings (SSSR count). The lowest BCUT2D eigenvalue weighted by Gasteiger charge is -2.16. The van der Waals surface area contributed by atoms with Gasteiger partial charge in [0.1, 0.15) is 0 Å². The normalized spacial score (nSPS) is 12.9. The lowest BCUT2D eigenvalue weighted by molar-refractivity contribution is 0.469. The number of para-hydroxylation sites is 1. The Balaban J connectivity index is 2.09. The van der Waals surface area contributed by atoms with E-state index < -0.39 is 0 Å². The first-order valence-electron chi connectivity index (χ1n) is 6.32. The Morgan fingerprint density at radius 1 is 1.42 bits per heavy atom. The molecule has 1 unspecified atom stereocenters. The second kappa shape index (κ2) is 4.66. The molecular formula is C14H16N4S. The average molecular weight is 272 g/mol. The fourth-order valence-electron chi connectivity index (χ4n) is 2.56. The van der Waals surface area contributed by atoms with Crippen molar-refractivity contribution in [3.05, 3.63) is 47.3 Å². The molecule has 0 saturated carbocycles. The summed E-state index contributed by atoms with van der Waals surface area (Å²) in [5.74, 6) is 0. The molecule has 5 heteroatoms. The van der Waals surface area contributed by atoms with Crippen LogP contribution < -0.4 is 0 Å². The van der Waals surface area contributed by atoms with Crippen LogP contribution >= 0.6 is 12.2 Å². The predicted octanol–water partition coefficient (Wildman–Crippen LogP) is 3.47. The van der Waals surface area contributed by atoms with Crippen molar-refractivity contribution in [3.8, 4) is 0 Å². The molecule has 0 aliphatic carbocycles. The van der Waals surface area contributed by atoms with Gasteiger partial charge in [0.15, 0.2) is 4.77 Å². The number of imidazole rings is 2. The second-order valence-electron chi connectivity index (χ2n) is 4.88. The quantitative estimate of drug-likeness (QED) is 0.741. The van der Waals surface area contributed by atoms with Crippen LogP contribution in [-0.4, -0.2) is 19.1 Å². The van der Waals surface area contributed by atoms with Crippen LogP contribution in [-0.2, 0) is 6.54 Å². The zero-order chi connectivity index (χ0) is 13.4. The van der Waals surface area contributed by atoms with E-state index in [1.165, 1.54) is 11.1 Å². The van der Waals surface area contributed by atoms with E-state index in [2.05, 4.69) is 45.1 Å². The van der Waals surface area contributed by atoms with Crippen molar-refractivity contribution in [3.63, 3.8) is 0 Å². The molecule has 0 aliphatic rings. The van der Waals surface area contributed by atoms with Gasteiger partial charge in [0, 0.05) is 18.9 Å². The van der Waals surface area contributed by atoms with E-state index in [-0.39, 0.29) is 6.04 Å². The molecule has 4 nitrogen and oxygen atoms in total. The summed E-state index contributed by atoms with van der Waals surface area (Å²) in [5, 5.41) is 0. The number of nitrogens with zero attached hydrogens (tertiary/aromatic N) is 3. The molecule has 0 bridgehead atoms. The first-order valence-corrected chi connectivity index (χ1v) is 6.73. The molecule has 3 aromatic rings. The molecule has 0 fully saturated rings. The summed E-state index contributed by atoms with van der Waals surface area (Å²) in [5.41, 5.74) is 3.53. The van der Waals surface area contributed by atoms with Gasteiger partial charge in [-0.15, -0.1) is 0 Å². The van der Waals surface area contributed by atoms with Crippen molar-refractivity contribution in [2.24, 2.45) is 0 Å². The van der Waals surface area contributed by atoms with Gasteiger partial charge >= 0.3 is 0 Å². The summed E-state index contributed by atoms with van der Waals surface area (Å²) in [7, 11) is 0. The molecule has 1 atom stereocenters. The molecule has 1 N–H and O–H groups in total. The van der Waals surface area contributed by atoms with Crippen LogP contribution in [0.1, 0.15) is 18.5 Å². The van der Waals surface area contributed by atoms with Gasteiger partial charge in [-0.25, -0.2) is 4.98 Å². The Labute approximate surface area is 116 Å². The maximum absolute atomic E-state index is 5.47. The van der Waals surface area contributed by atoms with Gasteiger partial charge in [-0.05, 0) is 37.7 Å². The summed E-state index contributed by atoms with van der Waals surface area (Å²) in [4.78, 5) is 7.36. The van der Waals surface area contributed by atoms with E-state index in [1.807, 2.05) is 18.6 Å². The fraction of sp³-hybridized carbons (Fsp3) is 0.286. The van der Waals surface area contributed by atoms with E-state index in [0.29, 0.717) is 0 Å². The van der Waals surface area contributed by atoms with Gasteiger partial charge in [-0.1, -0.05) is 12.1 Å². The zero-order valence-corrected chi connectivity index (χ0v) is 11.8. The third-order valence-corrected chi connectivity index (χ3v) is 3.71. The maximum Gasteiger partial charge on any atom is 0.178 e. The van der Waals surface area contributed by atoms with Gasteiger partial charge in [-0.3, -0.25) is 0 Å². The largest absolute Gasteiger partial charge is 0.335 e. The molecule has 2 heterocycles. The SMILES string of the molecule is Cc1cccc2[nH]c(=S)n(C(C)Cn3ccnc3)c12. The first-order chi connectivity index (χ1) is 9.16. The first kappa shape index (κ1) is 12.2. The van der Waals surface area contributed by atoms with Crippen molar-refractivity contribution in [1.29, 1.82) is 0 Å². The number of benzene rings is 1. The molecule has 0 spiro atoms. The van der Waals surface area contributed by atoms with Crippen molar-refractivity contribution in [1.82, 2.24) is 19.1 Å². The minimum Gasteiger partial charge on any atom is -0.335 e. The topological polar surface area (TPSA) is 38.5 Å². The van der Waals surface area contributed by atoms with Gasteiger partial charge in [0.2, 0.25) is 0 Å². The fourth-order valence-corrected chi connectivity index (χ4v) is 2.94. The zero-order valence-electron chi connectivity index (χ0n) is 11.0. The Morgan fingerprint density at radius 2 is 2.26 bits per heavy atom. The van der Waals surface area contributed by atoms with Crippen LogP contribution in [0.3, 0.4) is 0 Å². The molecule has 19 heavy (non-hydrogen) atoms. The lowest BCUT2D eigenvalue weighted by atomic mass is 10.2. The summed E-state index contributed by atoms with van der Waals surface area (Å²) in [6, 6.07) is 6.51. The Hall–Kier alpha value is -1.88. The van der Waals surface area contributed by atoms with Crippen LogP contribution in [0.4, 0.5) is 0 Å². The second-order valence-corrected chi connectivity index (χ2v) is 5.27. The highest BCUT2D eigenvalue weighted by Gasteiger charge is 2.13. The van der Waals surface area contributed by atoms with Gasteiger partial charge in [-0.2, -0.15) is 0 Å². The van der Waals surface area contributed by atoms with Gasteiger partial charge < -0.3 is 14.1 Å². The Bertz CT molecular complexity index is 751. The molecule has 98 valence electrons. The van der Waals surface area contributed by atoms with Crippen LogP contribution in [0.2, 0.25) is 0 Å². The number of aryl methyl sites for hydroxylation is 1. The summed E-state index contributed by atoms with van der Waals surface area (Å²) in [6.45, 7) is 5.15. The smallest absolute Gasteiger partial charge is 0.178 e. The minimum absolute atomic E-state index is 0.275. The van der Waals surface area contributed by atoms with E-state index >= 15 is 0 Å². The number of H-pyrrole nitrogens is 1. The number of aromatic amines is 1. The van der Waals surface area contributed by atoms with Crippen LogP contribution in [0, 0.1) is 11.7 Å². The van der Waals surface area contributed by atoms with E-state index in [9.17, 15) is 0 Å². The molecule has 0 aliphatic heterocycles. The van der Waals surface area contributed by atoms with Crippen molar-refractivity contribution in [2.45, 2.75) is 26.4 Å². The Kier molecular flexibility index (Phi) is 2.98. The highest BCUT2D eigenvalue weighted by molar-refractivity contribution is 7.71. The summed E-state index contributed by atoms with van der Waals surface area (Å²) >= 11 is 5.47. The maximum atomic E-state index is 5.47. The van der Waals surface area contributed by atoms with Crippen molar-refractivity contribution >= 4 is 23.3 Å². The van der Waals surface area contributed by atoms with Crippen molar-refractivity contribution in [2.75, 3.05) is 0 Å². The number of rotatable bonds is 3. The molecule has 2 aromatic heterocycles. The summed E-state index contributed by atoms with van der Waals surface area (Å²) in [6.07, 6.45) is 5.61. The minimum atomic E-state index is 0.275. The standard InChI is InChI=1S/C14H16N4S/c1-10-4-3-5-12-13(10)18(14(19)16-12)11(2)8-17-7-6-15-9-17/h3-7,9,11H,8H2,1-2H3,(H,16,19). The van der Waals surface area contributed by atoms with Crippen molar-refractivity contribution < 1.29 is 0 Å². The van der Waals surface area contributed by atoms with Gasteiger partial charge in [0.05, 0.1) is 23.4 Å². The van der Waals surface area contributed by atoms with Gasteiger partial charge in [0.25, 0.3) is 0 Å². The van der Waals surface area contributed by atoms with Crippen LogP contribution in [0.25, 0.3) is 11.0 Å². The van der Waals surface area contributed by atoms with Crippen LogP contribution in [0.15, 0.2) is 36.9 Å². The molecule has 0 radical (unpaired) electrons. The predicted molar refractivity (Wildman–Crippen MR) is 78.8 cm³/mol. The monoisotopic (exact) mass is 272 g/mol. The summed E-state index contributed by atoms with van der Waals surface area (Å²) < 4.78 is 5.04. The third kappa shape index (κ3) is 2.10. The number of nitrogens with one attached hydrogen (secondary N) is 1. The highest BCUT2D eigenvalue weighted by atomic mass is 32.1.